The molecule has 0 aliphatic rings. The van der Waals surface area contributed by atoms with E-state index in [-0.39, 0.29) is 0 Å². The van der Waals surface area contributed by atoms with Crippen molar-refractivity contribution in [3.63, 3.8) is 0 Å². The molecule has 0 atom stereocenters. The van der Waals surface area contributed by atoms with Crippen molar-refractivity contribution in [2.75, 3.05) is 0 Å². The first-order valence-electron chi connectivity index (χ1n) is 18.4. The van der Waals surface area contributed by atoms with Crippen LogP contribution in [0.5, 0.6) is 0 Å². The predicted octanol–water partition coefficient (Wildman–Crippen LogP) is 11.9. The molecule has 7 nitrogen and oxygen atoms in total. The van der Waals surface area contributed by atoms with Crippen molar-refractivity contribution in [2.24, 2.45) is 0 Å². The van der Waals surface area contributed by atoms with Crippen molar-refractivity contribution in [1.82, 2.24) is 34.5 Å². The van der Waals surface area contributed by atoms with Gasteiger partial charge in [0, 0.05) is 55.9 Å². The number of fused-ring (bicyclic) bond motifs is 6. The summed E-state index contributed by atoms with van der Waals surface area (Å²) in [6.07, 6.45) is 3.57. The Balaban J connectivity index is 0.961. The molecule has 262 valence electrons. The Morgan fingerprint density at radius 2 is 0.929 bits per heavy atom. The van der Waals surface area contributed by atoms with Gasteiger partial charge in [0.05, 0.1) is 26.9 Å². The molecule has 0 fully saturated rings. The molecule has 8 heteroatoms. The summed E-state index contributed by atoms with van der Waals surface area (Å²) in [6.45, 7) is 0. The summed E-state index contributed by atoms with van der Waals surface area (Å²) in [6, 6.07) is 56.4. The van der Waals surface area contributed by atoms with Crippen LogP contribution in [0.4, 0.5) is 0 Å². The molecular formula is C48H29N7S. The van der Waals surface area contributed by atoms with E-state index in [1.807, 2.05) is 54.7 Å². The summed E-state index contributed by atoms with van der Waals surface area (Å²) in [4.78, 5) is 30.1. The Hall–Kier alpha value is -7.42. The molecule has 56 heavy (non-hydrogen) atoms. The molecule has 6 aromatic carbocycles. The maximum absolute atomic E-state index is 5.04. The summed E-state index contributed by atoms with van der Waals surface area (Å²) in [5, 5.41) is 3.48. The molecule has 0 radical (unpaired) electrons. The van der Waals surface area contributed by atoms with Gasteiger partial charge in [-0.15, -0.1) is 11.3 Å². The largest absolute Gasteiger partial charge is 0.309 e. The van der Waals surface area contributed by atoms with Crippen molar-refractivity contribution in [2.45, 2.75) is 0 Å². The van der Waals surface area contributed by atoms with E-state index < -0.39 is 0 Å². The van der Waals surface area contributed by atoms with E-state index in [4.69, 9.17) is 19.9 Å². The smallest absolute Gasteiger partial charge is 0.164 e. The molecule has 0 bridgehead atoms. The third-order valence-corrected chi connectivity index (χ3v) is 11.4. The van der Waals surface area contributed by atoms with Gasteiger partial charge in [-0.05, 0) is 48.0 Å². The molecule has 0 amide bonds. The first-order chi connectivity index (χ1) is 27.7. The Kier molecular flexibility index (Phi) is 7.53. The maximum Gasteiger partial charge on any atom is 0.164 e. The monoisotopic (exact) mass is 735 g/mol. The third kappa shape index (κ3) is 5.42. The molecule has 5 heterocycles. The average Bonchev–Trinajstić information content (AvgIpc) is 3.83. The number of thiophene rings is 1. The number of para-hydroxylation sites is 2. The number of nitrogens with zero attached hydrogens (tertiary/aromatic N) is 7. The lowest BCUT2D eigenvalue weighted by Gasteiger charge is -2.11. The van der Waals surface area contributed by atoms with Gasteiger partial charge in [0.25, 0.3) is 0 Å². The van der Waals surface area contributed by atoms with Gasteiger partial charge >= 0.3 is 0 Å². The van der Waals surface area contributed by atoms with Crippen molar-refractivity contribution in [3.8, 4) is 62.2 Å². The Morgan fingerprint density at radius 3 is 1.55 bits per heavy atom. The number of aromatic nitrogens is 7. The Labute approximate surface area is 325 Å². The fourth-order valence-electron chi connectivity index (χ4n) is 7.54. The molecule has 0 saturated heterocycles. The second kappa shape index (κ2) is 13.2. The second-order valence-corrected chi connectivity index (χ2v) is 14.6. The van der Waals surface area contributed by atoms with Crippen LogP contribution in [0, 0.1) is 0 Å². The maximum atomic E-state index is 5.04. The average molecular weight is 736 g/mol. The summed E-state index contributed by atoms with van der Waals surface area (Å²) in [5.41, 5.74) is 11.1. The van der Waals surface area contributed by atoms with Crippen LogP contribution in [0.3, 0.4) is 0 Å². The van der Waals surface area contributed by atoms with Gasteiger partial charge in [0.15, 0.2) is 17.5 Å². The van der Waals surface area contributed by atoms with E-state index in [0.717, 1.165) is 65.2 Å². The van der Waals surface area contributed by atoms with Crippen LogP contribution in [0.2, 0.25) is 0 Å². The van der Waals surface area contributed by atoms with Crippen molar-refractivity contribution < 1.29 is 0 Å². The third-order valence-electron chi connectivity index (χ3n) is 10.3. The number of hydrogen-bond donors (Lipinski definition) is 0. The fourth-order valence-corrected chi connectivity index (χ4v) is 8.64. The van der Waals surface area contributed by atoms with Crippen LogP contribution in [-0.4, -0.2) is 34.5 Å². The van der Waals surface area contributed by atoms with Crippen molar-refractivity contribution in [1.29, 1.82) is 0 Å². The topological polar surface area (TPSA) is 82.3 Å². The highest BCUT2D eigenvalue weighted by Crippen LogP contribution is 2.39. The van der Waals surface area contributed by atoms with E-state index in [9.17, 15) is 0 Å². The van der Waals surface area contributed by atoms with Crippen LogP contribution in [0.15, 0.2) is 176 Å². The lowest BCUT2D eigenvalue weighted by Crippen LogP contribution is -2.00. The van der Waals surface area contributed by atoms with E-state index in [2.05, 4.69) is 130 Å². The standard InChI is InChI=1S/C48H29N7S/c1-3-11-31(12-4-1)42-44-43(51-29-50-42)39-27-35(28-49-48(39)56-44)30-19-21-33(22-20-30)46-52-45(32-13-5-2-6-14-32)53-47(54-46)34-23-25-36(26-24-34)55-40-17-9-7-15-37(40)38-16-8-10-18-41(38)55/h1-29H. The Bertz CT molecular complexity index is 3180. The first kappa shape index (κ1) is 32.0. The van der Waals surface area contributed by atoms with Crippen molar-refractivity contribution in [3.05, 3.63) is 176 Å². The summed E-state index contributed by atoms with van der Waals surface area (Å²) >= 11 is 1.63. The van der Waals surface area contributed by atoms with Gasteiger partial charge in [-0.1, -0.05) is 121 Å². The lowest BCUT2D eigenvalue weighted by molar-refractivity contribution is 1.07. The van der Waals surface area contributed by atoms with E-state index in [1.54, 1.807) is 17.7 Å². The van der Waals surface area contributed by atoms with Crippen LogP contribution < -0.4 is 0 Å². The SMILES string of the molecule is c1ccc(-c2nc(-c3ccc(-c4cnc5sc6c(-c7ccccc7)ncnc6c5c4)cc3)nc(-c3ccc(-n4c5ccccc5c5ccccc54)cc3)n2)cc1. The minimum atomic E-state index is 0.606. The molecule has 11 rings (SSSR count). The highest BCUT2D eigenvalue weighted by molar-refractivity contribution is 7.25. The van der Waals surface area contributed by atoms with Gasteiger partial charge < -0.3 is 4.57 Å². The second-order valence-electron chi connectivity index (χ2n) is 13.6. The number of pyridine rings is 1. The lowest BCUT2D eigenvalue weighted by atomic mass is 10.0. The zero-order chi connectivity index (χ0) is 37.0. The molecule has 11 aromatic rings. The molecule has 0 aliphatic carbocycles. The molecule has 0 aliphatic heterocycles. The number of hydrogen-bond acceptors (Lipinski definition) is 7. The predicted molar refractivity (Wildman–Crippen MR) is 228 cm³/mol. The van der Waals surface area contributed by atoms with Crippen LogP contribution in [0.25, 0.3) is 104 Å². The number of benzene rings is 6. The van der Waals surface area contributed by atoms with Crippen LogP contribution in [-0.2, 0) is 0 Å². The zero-order valence-corrected chi connectivity index (χ0v) is 30.6. The van der Waals surface area contributed by atoms with Crippen molar-refractivity contribution >= 4 is 53.6 Å². The quantitative estimate of drug-likeness (QED) is 0.169. The van der Waals surface area contributed by atoms with Gasteiger partial charge in [-0.2, -0.15) is 0 Å². The summed E-state index contributed by atoms with van der Waals surface area (Å²) < 4.78 is 3.35. The Morgan fingerprint density at radius 1 is 0.411 bits per heavy atom. The van der Waals surface area contributed by atoms with E-state index in [1.165, 1.54) is 21.8 Å². The zero-order valence-electron chi connectivity index (χ0n) is 29.8. The molecule has 0 unspecified atom stereocenters. The molecule has 0 spiro atoms. The minimum Gasteiger partial charge on any atom is -0.309 e. The van der Waals surface area contributed by atoms with Gasteiger partial charge in [-0.3, -0.25) is 0 Å². The van der Waals surface area contributed by atoms with Gasteiger partial charge in [0.2, 0.25) is 0 Å². The van der Waals surface area contributed by atoms with E-state index in [0.29, 0.717) is 17.5 Å². The van der Waals surface area contributed by atoms with E-state index >= 15 is 0 Å². The minimum absolute atomic E-state index is 0.606. The van der Waals surface area contributed by atoms with Gasteiger partial charge in [-0.25, -0.2) is 29.9 Å². The number of rotatable bonds is 6. The highest BCUT2D eigenvalue weighted by Gasteiger charge is 2.17. The van der Waals surface area contributed by atoms with Gasteiger partial charge in [0.1, 0.15) is 11.2 Å². The molecule has 0 saturated carbocycles. The normalized spacial score (nSPS) is 11.6. The highest BCUT2D eigenvalue weighted by atomic mass is 32.1. The molecule has 5 aromatic heterocycles. The molecular weight excluding hydrogens is 707 g/mol. The van der Waals surface area contributed by atoms with Crippen LogP contribution >= 0.6 is 11.3 Å². The summed E-state index contributed by atoms with van der Waals surface area (Å²) in [7, 11) is 0. The summed E-state index contributed by atoms with van der Waals surface area (Å²) in [5.74, 6) is 1.84. The first-order valence-corrected chi connectivity index (χ1v) is 19.2. The van der Waals surface area contributed by atoms with Crippen LogP contribution in [0.1, 0.15) is 0 Å². The molecule has 0 N–H and O–H groups in total. The fraction of sp³-hybridized carbons (Fsp3) is 0.